The summed E-state index contributed by atoms with van der Waals surface area (Å²) in [5, 5.41) is 0. The molecule has 0 aromatic carbocycles. The molecule has 0 amide bonds. The Bertz CT molecular complexity index is 386. The van der Waals surface area contributed by atoms with Gasteiger partial charge in [0.1, 0.15) is 0 Å². The van der Waals surface area contributed by atoms with Gasteiger partial charge in [-0.1, -0.05) is 18.5 Å². The summed E-state index contributed by atoms with van der Waals surface area (Å²) in [5.41, 5.74) is 2.90. The van der Waals surface area contributed by atoms with Crippen LogP contribution in [0.1, 0.15) is 18.2 Å². The van der Waals surface area contributed by atoms with Crippen LogP contribution in [-0.4, -0.2) is 43.3 Å². The van der Waals surface area contributed by atoms with Crippen molar-refractivity contribution in [2.24, 2.45) is 5.84 Å². The fourth-order valence-corrected chi connectivity index (χ4v) is 3.62. The molecule has 0 radical (unpaired) electrons. The highest BCUT2D eigenvalue weighted by Gasteiger charge is 2.27. The van der Waals surface area contributed by atoms with Crippen molar-refractivity contribution in [3.63, 3.8) is 0 Å². The summed E-state index contributed by atoms with van der Waals surface area (Å²) in [5.74, 6) is 5.70. The van der Waals surface area contributed by atoms with Crippen molar-refractivity contribution < 1.29 is 4.74 Å². The molecule has 108 valence electrons. The van der Waals surface area contributed by atoms with Crippen molar-refractivity contribution in [3.8, 4) is 0 Å². The van der Waals surface area contributed by atoms with Crippen LogP contribution >= 0.6 is 22.9 Å². The molecular formula is C13H22ClN3OS. The zero-order chi connectivity index (χ0) is 13.7. The van der Waals surface area contributed by atoms with Gasteiger partial charge in [0.25, 0.3) is 0 Å². The minimum Gasteiger partial charge on any atom is -0.374 e. The molecule has 19 heavy (non-hydrogen) atoms. The van der Waals surface area contributed by atoms with Gasteiger partial charge in [-0.2, -0.15) is 0 Å². The van der Waals surface area contributed by atoms with Gasteiger partial charge in [0, 0.05) is 24.4 Å². The maximum atomic E-state index is 5.96. The number of nitrogens with zero attached hydrogens (tertiary/aromatic N) is 1. The first-order valence-corrected chi connectivity index (χ1v) is 7.96. The highest BCUT2D eigenvalue weighted by atomic mass is 35.5. The van der Waals surface area contributed by atoms with Gasteiger partial charge >= 0.3 is 0 Å². The standard InChI is InChI=1S/C13H22ClN3OS/c1-2-5-17-6-7-18-12(9-17)11(16-15)8-10-3-4-13(14)19-10/h3-4,11-12,16H,2,5-9,15H2,1H3. The van der Waals surface area contributed by atoms with Crippen molar-refractivity contribution in [3.05, 3.63) is 21.3 Å². The minimum absolute atomic E-state index is 0.134. The Morgan fingerprint density at radius 2 is 2.47 bits per heavy atom. The third kappa shape index (κ3) is 4.41. The molecular weight excluding hydrogens is 282 g/mol. The predicted octanol–water partition coefficient (Wildman–Crippen LogP) is 1.89. The lowest BCUT2D eigenvalue weighted by molar-refractivity contribution is -0.0461. The van der Waals surface area contributed by atoms with E-state index in [-0.39, 0.29) is 12.1 Å². The Kier molecular flexibility index (Phi) is 6.06. The molecule has 2 heterocycles. The summed E-state index contributed by atoms with van der Waals surface area (Å²) in [6.45, 7) is 6.08. The SMILES string of the molecule is CCCN1CCOC(C(Cc2ccc(Cl)s2)NN)C1. The van der Waals surface area contributed by atoms with Crippen LogP contribution in [-0.2, 0) is 11.2 Å². The maximum Gasteiger partial charge on any atom is 0.0931 e. The van der Waals surface area contributed by atoms with E-state index in [0.717, 1.165) is 37.0 Å². The molecule has 0 spiro atoms. The van der Waals surface area contributed by atoms with Crippen LogP contribution in [0.4, 0.5) is 0 Å². The Morgan fingerprint density at radius 1 is 1.63 bits per heavy atom. The molecule has 4 nitrogen and oxygen atoms in total. The lowest BCUT2D eigenvalue weighted by atomic mass is 10.1. The average molecular weight is 304 g/mol. The first-order chi connectivity index (χ1) is 9.22. The van der Waals surface area contributed by atoms with E-state index >= 15 is 0 Å². The van der Waals surface area contributed by atoms with Gasteiger partial charge in [0.2, 0.25) is 0 Å². The average Bonchev–Trinajstić information content (AvgIpc) is 2.82. The number of nitrogens with two attached hydrogens (primary N) is 1. The largest absolute Gasteiger partial charge is 0.374 e. The number of thiophene rings is 1. The summed E-state index contributed by atoms with van der Waals surface area (Å²) in [4.78, 5) is 3.68. The van der Waals surface area contributed by atoms with Crippen molar-refractivity contribution in [1.29, 1.82) is 0 Å². The van der Waals surface area contributed by atoms with Gasteiger partial charge in [0.15, 0.2) is 0 Å². The minimum atomic E-state index is 0.134. The van der Waals surface area contributed by atoms with Crippen LogP contribution in [0, 0.1) is 0 Å². The van der Waals surface area contributed by atoms with Gasteiger partial charge in [-0.3, -0.25) is 16.2 Å². The topological polar surface area (TPSA) is 50.5 Å². The molecule has 3 N–H and O–H groups in total. The quantitative estimate of drug-likeness (QED) is 0.622. The second-order valence-corrected chi connectivity index (χ2v) is 6.69. The van der Waals surface area contributed by atoms with E-state index < -0.39 is 0 Å². The summed E-state index contributed by atoms with van der Waals surface area (Å²) in [6.07, 6.45) is 2.18. The number of hydrogen-bond donors (Lipinski definition) is 2. The predicted molar refractivity (Wildman–Crippen MR) is 80.6 cm³/mol. The van der Waals surface area contributed by atoms with E-state index in [1.807, 2.05) is 6.07 Å². The summed E-state index contributed by atoms with van der Waals surface area (Å²) >= 11 is 7.57. The van der Waals surface area contributed by atoms with Crippen LogP contribution < -0.4 is 11.3 Å². The van der Waals surface area contributed by atoms with Crippen LogP contribution in [0.3, 0.4) is 0 Å². The second-order valence-electron chi connectivity index (χ2n) is 4.89. The van der Waals surface area contributed by atoms with Gasteiger partial charge in [-0.25, -0.2) is 0 Å². The molecule has 1 saturated heterocycles. The highest BCUT2D eigenvalue weighted by molar-refractivity contribution is 7.16. The molecule has 0 saturated carbocycles. The summed E-state index contributed by atoms with van der Waals surface area (Å²) in [6, 6.07) is 4.12. The van der Waals surface area contributed by atoms with E-state index in [1.165, 1.54) is 11.3 Å². The summed E-state index contributed by atoms with van der Waals surface area (Å²) in [7, 11) is 0. The molecule has 1 aromatic heterocycles. The van der Waals surface area contributed by atoms with Gasteiger partial charge in [-0.05, 0) is 25.1 Å². The Hall–Kier alpha value is -0.170. The number of nitrogens with one attached hydrogen (secondary N) is 1. The van der Waals surface area contributed by atoms with E-state index in [2.05, 4.69) is 23.3 Å². The van der Waals surface area contributed by atoms with E-state index in [4.69, 9.17) is 22.2 Å². The number of hydrazine groups is 1. The molecule has 0 bridgehead atoms. The van der Waals surface area contributed by atoms with Crippen LogP contribution in [0.2, 0.25) is 4.34 Å². The van der Waals surface area contributed by atoms with Gasteiger partial charge < -0.3 is 4.74 Å². The van der Waals surface area contributed by atoms with E-state index in [9.17, 15) is 0 Å². The first kappa shape index (κ1) is 15.2. The Labute approximate surface area is 123 Å². The number of rotatable bonds is 6. The smallest absolute Gasteiger partial charge is 0.0931 e. The molecule has 1 aliphatic heterocycles. The van der Waals surface area contributed by atoms with Gasteiger partial charge in [-0.15, -0.1) is 11.3 Å². The molecule has 1 aliphatic rings. The summed E-state index contributed by atoms with van der Waals surface area (Å²) < 4.78 is 6.70. The van der Waals surface area contributed by atoms with Crippen molar-refractivity contribution in [1.82, 2.24) is 10.3 Å². The van der Waals surface area contributed by atoms with Crippen molar-refractivity contribution in [2.45, 2.75) is 31.9 Å². The van der Waals surface area contributed by atoms with Crippen LogP contribution in [0.15, 0.2) is 12.1 Å². The second kappa shape index (κ2) is 7.57. The molecule has 1 aromatic rings. The zero-order valence-corrected chi connectivity index (χ0v) is 12.8. The monoisotopic (exact) mass is 303 g/mol. The molecule has 2 unspecified atom stereocenters. The van der Waals surface area contributed by atoms with Gasteiger partial charge in [0.05, 0.1) is 23.1 Å². The lowest BCUT2D eigenvalue weighted by Crippen LogP contribution is -2.54. The lowest BCUT2D eigenvalue weighted by Gasteiger charge is -2.36. The van der Waals surface area contributed by atoms with Crippen LogP contribution in [0.25, 0.3) is 0 Å². The normalized spacial score (nSPS) is 22.6. The number of hydrogen-bond acceptors (Lipinski definition) is 5. The van der Waals surface area contributed by atoms with E-state index in [0.29, 0.717) is 0 Å². The zero-order valence-electron chi connectivity index (χ0n) is 11.3. The van der Waals surface area contributed by atoms with Crippen LogP contribution in [0.5, 0.6) is 0 Å². The fraction of sp³-hybridized carbons (Fsp3) is 0.692. The van der Waals surface area contributed by atoms with E-state index in [1.54, 1.807) is 11.3 Å². The Morgan fingerprint density at radius 3 is 3.11 bits per heavy atom. The number of halogens is 1. The maximum absolute atomic E-state index is 5.96. The number of morpholine rings is 1. The Balaban J connectivity index is 1.92. The fourth-order valence-electron chi connectivity index (χ4n) is 2.47. The first-order valence-electron chi connectivity index (χ1n) is 6.77. The molecule has 0 aliphatic carbocycles. The highest BCUT2D eigenvalue weighted by Crippen LogP contribution is 2.23. The molecule has 1 fully saturated rings. The third-order valence-corrected chi connectivity index (χ3v) is 4.68. The number of ether oxygens (including phenoxy) is 1. The van der Waals surface area contributed by atoms with Crippen molar-refractivity contribution in [2.75, 3.05) is 26.2 Å². The molecule has 6 heteroatoms. The third-order valence-electron chi connectivity index (χ3n) is 3.43. The molecule has 2 atom stereocenters. The van der Waals surface area contributed by atoms with Crippen molar-refractivity contribution >= 4 is 22.9 Å². The molecule has 2 rings (SSSR count).